The van der Waals surface area contributed by atoms with Crippen LogP contribution >= 0.6 is 0 Å². The molecule has 2 N–H and O–H groups in total. The van der Waals surface area contributed by atoms with E-state index in [0.29, 0.717) is 0 Å². The zero-order chi connectivity index (χ0) is 11.0. The maximum atomic E-state index is 11.6. The van der Waals surface area contributed by atoms with Crippen molar-refractivity contribution < 1.29 is 19.5 Å². The monoisotopic (exact) mass is 205 g/mol. The number of rotatable bonds is 1. The molecule has 0 spiro atoms. The van der Waals surface area contributed by atoms with Crippen molar-refractivity contribution in [1.29, 1.82) is 0 Å². The number of hydrogen-bond acceptors (Lipinski definition) is 3. The summed E-state index contributed by atoms with van der Waals surface area (Å²) < 4.78 is 0. The van der Waals surface area contributed by atoms with E-state index in [1.165, 1.54) is 12.1 Å². The van der Waals surface area contributed by atoms with Crippen LogP contribution in [0.2, 0.25) is 0 Å². The number of carbonyl (C=O) groups is 3. The third-order valence-corrected chi connectivity index (χ3v) is 2.25. The second-order valence-electron chi connectivity index (χ2n) is 3.16. The van der Waals surface area contributed by atoms with Crippen molar-refractivity contribution in [2.75, 3.05) is 0 Å². The SMILES string of the molecule is O=C(O)NC1C(=O)c2ccccc2C1=O. The summed E-state index contributed by atoms with van der Waals surface area (Å²) in [5, 5.41) is 10.4. The van der Waals surface area contributed by atoms with Gasteiger partial charge in [-0.15, -0.1) is 0 Å². The normalized spacial score (nSPS) is 15.2. The lowest BCUT2D eigenvalue weighted by atomic mass is 10.1. The van der Waals surface area contributed by atoms with Gasteiger partial charge in [0.15, 0.2) is 17.6 Å². The number of nitrogens with one attached hydrogen (secondary N) is 1. The van der Waals surface area contributed by atoms with Gasteiger partial charge in [-0.25, -0.2) is 4.79 Å². The molecule has 0 aliphatic heterocycles. The summed E-state index contributed by atoms with van der Waals surface area (Å²) in [6.45, 7) is 0. The smallest absolute Gasteiger partial charge is 0.405 e. The molecule has 5 nitrogen and oxygen atoms in total. The second kappa shape index (κ2) is 3.20. The van der Waals surface area contributed by atoms with Gasteiger partial charge in [0.1, 0.15) is 0 Å². The Morgan fingerprint density at radius 3 is 2.00 bits per heavy atom. The lowest BCUT2D eigenvalue weighted by Crippen LogP contribution is -2.41. The molecule has 2 rings (SSSR count). The molecule has 0 radical (unpaired) electrons. The molecule has 0 unspecified atom stereocenters. The van der Waals surface area contributed by atoms with Crippen molar-refractivity contribution in [2.45, 2.75) is 6.04 Å². The molecule has 0 bridgehead atoms. The van der Waals surface area contributed by atoms with Crippen molar-refractivity contribution in [3.05, 3.63) is 35.4 Å². The molecule has 15 heavy (non-hydrogen) atoms. The maximum absolute atomic E-state index is 11.6. The van der Waals surface area contributed by atoms with Crippen LogP contribution in [-0.2, 0) is 0 Å². The number of benzene rings is 1. The van der Waals surface area contributed by atoms with Crippen molar-refractivity contribution >= 4 is 17.7 Å². The van der Waals surface area contributed by atoms with Crippen LogP contribution in [0, 0.1) is 0 Å². The minimum atomic E-state index is -1.38. The Bertz CT molecular complexity index is 431. The predicted octanol–water partition coefficient (Wildman–Crippen LogP) is 0.702. The van der Waals surface area contributed by atoms with Gasteiger partial charge in [0.2, 0.25) is 0 Å². The average molecular weight is 205 g/mol. The number of fused-ring (bicyclic) bond motifs is 1. The summed E-state index contributed by atoms with van der Waals surface area (Å²) in [5.74, 6) is -0.976. The highest BCUT2D eigenvalue weighted by Gasteiger charge is 2.39. The third kappa shape index (κ3) is 1.38. The van der Waals surface area contributed by atoms with E-state index in [2.05, 4.69) is 0 Å². The van der Waals surface area contributed by atoms with Crippen molar-refractivity contribution in [3.63, 3.8) is 0 Å². The molecule has 0 saturated heterocycles. The zero-order valence-electron chi connectivity index (χ0n) is 7.56. The molecule has 1 aliphatic carbocycles. The van der Waals surface area contributed by atoms with Crippen molar-refractivity contribution in [3.8, 4) is 0 Å². The van der Waals surface area contributed by atoms with Crippen LogP contribution in [0.5, 0.6) is 0 Å². The van der Waals surface area contributed by atoms with E-state index in [-0.39, 0.29) is 11.1 Å². The Labute approximate surface area is 84.7 Å². The number of hydrogen-bond donors (Lipinski definition) is 2. The fraction of sp³-hybridized carbons (Fsp3) is 0.100. The zero-order valence-corrected chi connectivity index (χ0v) is 7.56. The molecule has 0 heterocycles. The fourth-order valence-electron chi connectivity index (χ4n) is 1.60. The van der Waals surface area contributed by atoms with Gasteiger partial charge in [0.05, 0.1) is 0 Å². The topological polar surface area (TPSA) is 83.5 Å². The first-order valence-electron chi connectivity index (χ1n) is 4.28. The van der Waals surface area contributed by atoms with E-state index < -0.39 is 23.7 Å². The first-order valence-corrected chi connectivity index (χ1v) is 4.28. The van der Waals surface area contributed by atoms with E-state index in [1.807, 2.05) is 5.32 Å². The number of carboxylic acid groups (broad SMARTS) is 1. The number of amides is 1. The minimum absolute atomic E-state index is 0.279. The standard InChI is InChI=1S/C10H7NO4/c12-8-5-3-1-2-4-6(5)9(13)7(8)11-10(14)15/h1-4,7,11H,(H,14,15). The molecule has 1 aliphatic rings. The number of ketones is 2. The molecule has 0 atom stereocenters. The van der Waals surface area contributed by atoms with E-state index in [1.54, 1.807) is 12.1 Å². The highest BCUT2D eigenvalue weighted by Crippen LogP contribution is 2.21. The van der Waals surface area contributed by atoms with Gasteiger partial charge in [-0.2, -0.15) is 0 Å². The lowest BCUT2D eigenvalue weighted by Gasteiger charge is -2.04. The van der Waals surface area contributed by atoms with Crippen LogP contribution in [0.1, 0.15) is 20.7 Å². The quantitative estimate of drug-likeness (QED) is 0.661. The van der Waals surface area contributed by atoms with Crippen LogP contribution in [0.3, 0.4) is 0 Å². The summed E-state index contributed by atoms with van der Waals surface area (Å²) in [6.07, 6.45) is -1.38. The molecule has 0 fully saturated rings. The maximum Gasteiger partial charge on any atom is 0.405 e. The average Bonchev–Trinajstić information content (AvgIpc) is 2.44. The lowest BCUT2D eigenvalue weighted by molar-refractivity contribution is 0.0861. The molecule has 76 valence electrons. The van der Waals surface area contributed by atoms with E-state index in [9.17, 15) is 14.4 Å². The Morgan fingerprint density at radius 1 is 1.13 bits per heavy atom. The summed E-state index contributed by atoms with van der Waals surface area (Å²) in [7, 11) is 0. The summed E-state index contributed by atoms with van der Waals surface area (Å²) >= 11 is 0. The fourth-order valence-corrected chi connectivity index (χ4v) is 1.60. The molecular weight excluding hydrogens is 198 g/mol. The van der Waals surface area contributed by atoms with E-state index in [4.69, 9.17) is 5.11 Å². The van der Waals surface area contributed by atoms with Gasteiger partial charge in [-0.1, -0.05) is 24.3 Å². The summed E-state index contributed by atoms with van der Waals surface area (Å²) in [5.41, 5.74) is 0.558. The van der Waals surface area contributed by atoms with Crippen molar-refractivity contribution in [2.24, 2.45) is 0 Å². The Kier molecular flexibility index (Phi) is 2.00. The van der Waals surface area contributed by atoms with Gasteiger partial charge in [-0.05, 0) is 0 Å². The molecule has 0 saturated carbocycles. The van der Waals surface area contributed by atoms with Crippen LogP contribution in [-0.4, -0.2) is 28.8 Å². The van der Waals surface area contributed by atoms with Gasteiger partial charge >= 0.3 is 6.09 Å². The molecule has 1 aromatic carbocycles. The van der Waals surface area contributed by atoms with Crippen molar-refractivity contribution in [1.82, 2.24) is 5.32 Å². The number of Topliss-reactive ketones (excluding diaryl/α,β-unsaturated/α-hetero) is 2. The van der Waals surface area contributed by atoms with Gasteiger partial charge in [0.25, 0.3) is 0 Å². The predicted molar refractivity (Wildman–Crippen MR) is 50.1 cm³/mol. The number of carbonyl (C=O) groups excluding carboxylic acids is 2. The summed E-state index contributed by atoms with van der Waals surface area (Å²) in [6, 6.07) is 5.01. The van der Waals surface area contributed by atoms with Crippen LogP contribution < -0.4 is 5.32 Å². The highest BCUT2D eigenvalue weighted by molar-refractivity contribution is 6.30. The molecule has 0 aromatic heterocycles. The molecule has 5 heteroatoms. The Hall–Kier alpha value is -2.17. The molecule has 1 aromatic rings. The highest BCUT2D eigenvalue weighted by atomic mass is 16.4. The first kappa shape index (κ1) is 9.39. The largest absolute Gasteiger partial charge is 0.465 e. The van der Waals surface area contributed by atoms with Gasteiger partial charge in [-0.3, -0.25) is 9.59 Å². The van der Waals surface area contributed by atoms with E-state index in [0.717, 1.165) is 0 Å². The Balaban J connectivity index is 2.41. The third-order valence-electron chi connectivity index (χ3n) is 2.25. The molecular formula is C10H7NO4. The Morgan fingerprint density at radius 2 is 1.60 bits per heavy atom. The van der Waals surface area contributed by atoms with Gasteiger partial charge in [0, 0.05) is 11.1 Å². The van der Waals surface area contributed by atoms with Crippen LogP contribution in [0.25, 0.3) is 0 Å². The summed E-state index contributed by atoms with van der Waals surface area (Å²) in [4.78, 5) is 33.6. The second-order valence-corrected chi connectivity index (χ2v) is 3.16. The molecule has 1 amide bonds. The first-order chi connectivity index (χ1) is 7.11. The van der Waals surface area contributed by atoms with Crippen LogP contribution in [0.4, 0.5) is 4.79 Å². The van der Waals surface area contributed by atoms with E-state index >= 15 is 0 Å². The van der Waals surface area contributed by atoms with Crippen LogP contribution in [0.15, 0.2) is 24.3 Å². The minimum Gasteiger partial charge on any atom is -0.465 e. The van der Waals surface area contributed by atoms with Gasteiger partial charge < -0.3 is 10.4 Å².